The summed E-state index contributed by atoms with van der Waals surface area (Å²) in [7, 11) is 0. The van der Waals surface area contributed by atoms with Gasteiger partial charge in [0.15, 0.2) is 0 Å². The normalized spacial score (nSPS) is 35.1. The van der Waals surface area contributed by atoms with Crippen LogP contribution in [0.25, 0.3) is 0 Å². The van der Waals surface area contributed by atoms with Gasteiger partial charge in [0, 0.05) is 21.6 Å². The Morgan fingerprint density at radius 3 is 2.62 bits per heavy atom. The van der Waals surface area contributed by atoms with Gasteiger partial charge in [-0.25, -0.2) is 0 Å². The molecule has 3 heteroatoms. The molecule has 0 radical (unpaired) electrons. The summed E-state index contributed by atoms with van der Waals surface area (Å²) >= 11 is 9.91. The minimum absolute atomic E-state index is 0.283. The van der Waals surface area contributed by atoms with E-state index in [1.54, 1.807) is 0 Å². The van der Waals surface area contributed by atoms with Crippen molar-refractivity contribution in [1.82, 2.24) is 5.32 Å². The molecule has 1 N–H and O–H groups in total. The van der Waals surface area contributed by atoms with Crippen molar-refractivity contribution >= 4 is 27.5 Å². The number of hydrogen-bond acceptors (Lipinski definition) is 1. The van der Waals surface area contributed by atoms with E-state index in [4.69, 9.17) is 11.6 Å². The van der Waals surface area contributed by atoms with Gasteiger partial charge < -0.3 is 5.32 Å². The summed E-state index contributed by atoms with van der Waals surface area (Å²) in [5, 5.41) is 4.76. The molecule has 1 aromatic carbocycles. The Morgan fingerprint density at radius 2 is 2.05 bits per heavy atom. The molecule has 2 bridgehead atoms. The molecule has 2 saturated carbocycles. The number of hydrogen-bond donors (Lipinski definition) is 1. The third-order valence-corrected chi connectivity index (χ3v) is 6.94. The zero-order chi connectivity index (χ0) is 15.4. The van der Waals surface area contributed by atoms with Crippen LogP contribution in [0.15, 0.2) is 22.7 Å². The summed E-state index contributed by atoms with van der Waals surface area (Å²) in [5.74, 6) is 0.868. The van der Waals surface area contributed by atoms with Crippen molar-refractivity contribution in [3.63, 3.8) is 0 Å². The van der Waals surface area contributed by atoms with Gasteiger partial charge in [0.1, 0.15) is 0 Å². The molecule has 1 nitrogen and oxygen atoms in total. The van der Waals surface area contributed by atoms with E-state index in [0.29, 0.717) is 16.9 Å². The van der Waals surface area contributed by atoms with Crippen LogP contribution in [0.1, 0.15) is 58.6 Å². The van der Waals surface area contributed by atoms with E-state index in [0.717, 1.165) is 15.4 Å². The molecule has 0 saturated heterocycles. The van der Waals surface area contributed by atoms with Crippen LogP contribution < -0.4 is 5.32 Å². The van der Waals surface area contributed by atoms with Crippen molar-refractivity contribution in [3.8, 4) is 0 Å². The predicted molar refractivity (Wildman–Crippen MR) is 93.7 cm³/mol. The van der Waals surface area contributed by atoms with Crippen molar-refractivity contribution < 1.29 is 0 Å². The van der Waals surface area contributed by atoms with Gasteiger partial charge in [0.25, 0.3) is 0 Å². The van der Waals surface area contributed by atoms with Crippen LogP contribution in [-0.4, -0.2) is 6.04 Å². The molecule has 4 unspecified atom stereocenters. The molecule has 0 spiro atoms. The Balaban J connectivity index is 1.83. The SMILES string of the molecule is CC(NC1C2(C)CCC(C2)C1(C)C)c1ccc(Br)cc1Cl. The Morgan fingerprint density at radius 1 is 1.33 bits per heavy atom. The van der Waals surface area contributed by atoms with Gasteiger partial charge >= 0.3 is 0 Å². The van der Waals surface area contributed by atoms with Crippen molar-refractivity contribution in [2.45, 2.75) is 59.0 Å². The molecule has 2 aliphatic carbocycles. The molecule has 4 atom stereocenters. The van der Waals surface area contributed by atoms with E-state index in [1.165, 1.54) is 24.8 Å². The Bertz CT molecular complexity index is 551. The first-order valence-corrected chi connectivity index (χ1v) is 9.12. The molecule has 21 heavy (non-hydrogen) atoms. The van der Waals surface area contributed by atoms with E-state index < -0.39 is 0 Å². The zero-order valence-corrected chi connectivity index (χ0v) is 15.7. The van der Waals surface area contributed by atoms with Gasteiger partial charge in [-0.1, -0.05) is 54.4 Å². The molecule has 0 heterocycles. The highest BCUT2D eigenvalue weighted by Gasteiger charge is 2.59. The average Bonchev–Trinajstić information content (AvgIpc) is 2.85. The standard InChI is InChI=1S/C18H25BrClN/c1-11(14-6-5-13(19)9-15(14)20)21-16-17(2,3)12-7-8-18(16,4)10-12/h5-6,9,11-12,16,21H,7-8,10H2,1-4H3. The zero-order valence-electron chi connectivity index (χ0n) is 13.3. The maximum atomic E-state index is 6.42. The van der Waals surface area contributed by atoms with Gasteiger partial charge in [0.2, 0.25) is 0 Å². The molecule has 116 valence electrons. The molecule has 3 rings (SSSR count). The third-order valence-electron chi connectivity index (χ3n) is 6.12. The second kappa shape index (κ2) is 5.25. The smallest absolute Gasteiger partial charge is 0.0464 e. The summed E-state index contributed by atoms with van der Waals surface area (Å²) < 4.78 is 1.04. The summed E-state index contributed by atoms with van der Waals surface area (Å²) in [6.07, 6.45) is 4.13. The lowest BCUT2D eigenvalue weighted by Crippen LogP contribution is -2.51. The van der Waals surface area contributed by atoms with E-state index >= 15 is 0 Å². The van der Waals surface area contributed by atoms with Crippen LogP contribution in [0.4, 0.5) is 0 Å². The minimum atomic E-state index is 0.283. The van der Waals surface area contributed by atoms with Crippen LogP contribution in [-0.2, 0) is 0 Å². The largest absolute Gasteiger partial charge is 0.306 e. The maximum Gasteiger partial charge on any atom is 0.0464 e. The first-order valence-electron chi connectivity index (χ1n) is 7.95. The molecule has 2 aliphatic rings. The van der Waals surface area contributed by atoms with Gasteiger partial charge in [-0.15, -0.1) is 0 Å². The maximum absolute atomic E-state index is 6.42. The fourth-order valence-electron chi connectivity index (χ4n) is 4.91. The topological polar surface area (TPSA) is 12.0 Å². The molecule has 0 aliphatic heterocycles. The van der Waals surface area contributed by atoms with E-state index in [-0.39, 0.29) is 6.04 Å². The fraction of sp³-hybridized carbons (Fsp3) is 0.667. The van der Waals surface area contributed by atoms with Crippen LogP contribution >= 0.6 is 27.5 Å². The van der Waals surface area contributed by atoms with Crippen LogP contribution in [0.2, 0.25) is 5.02 Å². The Labute approximate surface area is 142 Å². The lowest BCUT2D eigenvalue weighted by atomic mass is 9.68. The van der Waals surface area contributed by atoms with Crippen molar-refractivity contribution in [2.75, 3.05) is 0 Å². The fourth-order valence-corrected chi connectivity index (χ4v) is 5.75. The Kier molecular flexibility index (Phi) is 3.96. The summed E-state index contributed by atoms with van der Waals surface area (Å²) in [6, 6.07) is 7.05. The highest BCUT2D eigenvalue weighted by Crippen LogP contribution is 2.62. The Hall–Kier alpha value is -0.0500. The number of fused-ring (bicyclic) bond motifs is 2. The van der Waals surface area contributed by atoms with Crippen LogP contribution in [0, 0.1) is 16.7 Å². The molecule has 0 amide bonds. The van der Waals surface area contributed by atoms with Gasteiger partial charge in [0.05, 0.1) is 0 Å². The van der Waals surface area contributed by atoms with Crippen LogP contribution in [0.3, 0.4) is 0 Å². The number of halogens is 2. The molecule has 1 aromatic rings. The quantitative estimate of drug-likeness (QED) is 0.691. The lowest BCUT2D eigenvalue weighted by Gasteiger charge is -2.44. The molecule has 0 aromatic heterocycles. The minimum Gasteiger partial charge on any atom is -0.306 e. The number of nitrogens with one attached hydrogen (secondary N) is 1. The second-order valence-electron chi connectivity index (χ2n) is 7.90. The van der Waals surface area contributed by atoms with Crippen molar-refractivity contribution in [1.29, 1.82) is 0 Å². The van der Waals surface area contributed by atoms with Crippen LogP contribution in [0.5, 0.6) is 0 Å². The predicted octanol–water partition coefficient (Wildman–Crippen LogP) is 5.97. The van der Waals surface area contributed by atoms with Crippen molar-refractivity contribution in [2.24, 2.45) is 16.7 Å². The first-order chi connectivity index (χ1) is 9.74. The highest BCUT2D eigenvalue weighted by atomic mass is 79.9. The van der Waals surface area contributed by atoms with Crippen molar-refractivity contribution in [3.05, 3.63) is 33.3 Å². The molecular formula is C18H25BrClN. The average molecular weight is 371 g/mol. The number of benzene rings is 1. The first kappa shape index (κ1) is 15.8. The second-order valence-corrected chi connectivity index (χ2v) is 9.23. The summed E-state index contributed by atoms with van der Waals surface area (Å²) in [6.45, 7) is 9.58. The molecule has 2 fully saturated rings. The monoisotopic (exact) mass is 369 g/mol. The van der Waals surface area contributed by atoms with Gasteiger partial charge in [-0.05, 0) is 60.6 Å². The van der Waals surface area contributed by atoms with E-state index in [9.17, 15) is 0 Å². The van der Waals surface area contributed by atoms with Gasteiger partial charge in [-0.2, -0.15) is 0 Å². The lowest BCUT2D eigenvalue weighted by molar-refractivity contribution is 0.100. The summed E-state index contributed by atoms with van der Waals surface area (Å²) in [4.78, 5) is 0. The third kappa shape index (κ3) is 2.58. The molecular weight excluding hydrogens is 346 g/mol. The van der Waals surface area contributed by atoms with E-state index in [1.807, 2.05) is 6.07 Å². The van der Waals surface area contributed by atoms with Gasteiger partial charge in [-0.3, -0.25) is 0 Å². The summed E-state index contributed by atoms with van der Waals surface area (Å²) in [5.41, 5.74) is 2.02. The van der Waals surface area contributed by atoms with E-state index in [2.05, 4.69) is 61.1 Å². The highest BCUT2D eigenvalue weighted by molar-refractivity contribution is 9.10. The number of rotatable bonds is 3.